The van der Waals surface area contributed by atoms with Gasteiger partial charge >= 0.3 is 0 Å². The minimum atomic E-state index is 0.498. The van der Waals surface area contributed by atoms with E-state index in [0.29, 0.717) is 18.4 Å². The predicted octanol–water partition coefficient (Wildman–Crippen LogP) is 1.83. The maximum atomic E-state index is 5.86. The summed E-state index contributed by atoms with van der Waals surface area (Å²) in [6, 6.07) is 5.57. The molecule has 0 radical (unpaired) electrons. The van der Waals surface area contributed by atoms with E-state index in [2.05, 4.69) is 9.88 Å². The third-order valence-electron chi connectivity index (χ3n) is 2.16. The monoisotopic (exact) mass is 244 g/mol. The van der Waals surface area contributed by atoms with E-state index in [1.807, 2.05) is 12.1 Å². The molecule has 90 valence electrons. The third-order valence-corrected chi connectivity index (χ3v) is 2.37. The summed E-state index contributed by atoms with van der Waals surface area (Å²) in [5, 5.41) is 0.498. The molecule has 0 fully saturated rings. The fraction of sp³-hybridized carbons (Fsp3) is 0.545. The molecule has 0 saturated heterocycles. The largest absolute Gasteiger partial charge is 0.383 e. The molecule has 0 aromatic carbocycles. The van der Waals surface area contributed by atoms with Crippen molar-refractivity contribution in [3.05, 3.63) is 23.4 Å². The molecule has 0 aliphatic rings. The second-order valence-electron chi connectivity index (χ2n) is 3.29. The Morgan fingerprint density at radius 3 is 2.31 bits per heavy atom. The van der Waals surface area contributed by atoms with Gasteiger partial charge in [-0.1, -0.05) is 17.7 Å². The van der Waals surface area contributed by atoms with E-state index < -0.39 is 0 Å². The van der Waals surface area contributed by atoms with Crippen LogP contribution >= 0.6 is 11.6 Å². The summed E-state index contributed by atoms with van der Waals surface area (Å²) >= 11 is 5.86. The van der Waals surface area contributed by atoms with Crippen LogP contribution in [0.3, 0.4) is 0 Å². The van der Waals surface area contributed by atoms with Crippen molar-refractivity contribution in [2.75, 3.05) is 45.4 Å². The van der Waals surface area contributed by atoms with Crippen molar-refractivity contribution in [1.82, 2.24) is 4.98 Å². The van der Waals surface area contributed by atoms with Crippen LogP contribution < -0.4 is 4.90 Å². The van der Waals surface area contributed by atoms with Crippen LogP contribution in [0.1, 0.15) is 0 Å². The van der Waals surface area contributed by atoms with Crippen LogP contribution in [0.4, 0.5) is 5.82 Å². The smallest absolute Gasteiger partial charge is 0.131 e. The molecule has 0 atom stereocenters. The molecule has 0 aliphatic heterocycles. The van der Waals surface area contributed by atoms with Crippen LogP contribution in [-0.2, 0) is 9.47 Å². The number of hydrogen-bond acceptors (Lipinski definition) is 4. The van der Waals surface area contributed by atoms with E-state index in [4.69, 9.17) is 21.1 Å². The van der Waals surface area contributed by atoms with Gasteiger partial charge in [-0.3, -0.25) is 0 Å². The Morgan fingerprint density at radius 2 is 1.81 bits per heavy atom. The predicted molar refractivity (Wildman–Crippen MR) is 65.2 cm³/mol. The number of ether oxygens (including phenoxy) is 2. The Morgan fingerprint density at radius 1 is 1.19 bits per heavy atom. The summed E-state index contributed by atoms with van der Waals surface area (Å²) in [5.74, 6) is 0.849. The molecule has 0 unspecified atom stereocenters. The van der Waals surface area contributed by atoms with E-state index in [0.717, 1.165) is 18.9 Å². The molecule has 1 aromatic heterocycles. The van der Waals surface area contributed by atoms with Gasteiger partial charge in [0.2, 0.25) is 0 Å². The van der Waals surface area contributed by atoms with Gasteiger partial charge in [0.25, 0.3) is 0 Å². The van der Waals surface area contributed by atoms with Crippen LogP contribution in [0.25, 0.3) is 0 Å². The number of anilines is 1. The highest BCUT2D eigenvalue weighted by Crippen LogP contribution is 2.13. The summed E-state index contributed by atoms with van der Waals surface area (Å²) in [7, 11) is 3.36. The molecule has 0 aliphatic carbocycles. The number of halogens is 1. The molecule has 1 aromatic rings. The number of nitrogens with zero attached hydrogens (tertiary/aromatic N) is 2. The number of pyridine rings is 1. The standard InChI is InChI=1S/C11H17ClN2O2/c1-15-8-6-14(7-9-16-2)11-5-3-4-10(12)13-11/h3-5H,6-9H2,1-2H3. The normalized spacial score (nSPS) is 10.4. The van der Waals surface area contributed by atoms with Gasteiger partial charge in [-0.15, -0.1) is 0 Å². The summed E-state index contributed by atoms with van der Waals surface area (Å²) in [6.07, 6.45) is 0. The lowest BCUT2D eigenvalue weighted by molar-refractivity contribution is 0.190. The van der Waals surface area contributed by atoms with Gasteiger partial charge < -0.3 is 14.4 Å². The zero-order valence-electron chi connectivity index (χ0n) is 9.65. The van der Waals surface area contributed by atoms with Crippen molar-refractivity contribution in [1.29, 1.82) is 0 Å². The van der Waals surface area contributed by atoms with Crippen LogP contribution in [0, 0.1) is 0 Å². The molecule has 16 heavy (non-hydrogen) atoms. The van der Waals surface area contributed by atoms with Crippen LogP contribution in [0.15, 0.2) is 18.2 Å². The highest BCUT2D eigenvalue weighted by Gasteiger charge is 2.07. The van der Waals surface area contributed by atoms with Gasteiger partial charge in [-0.05, 0) is 12.1 Å². The Labute approximate surface area is 101 Å². The lowest BCUT2D eigenvalue weighted by Gasteiger charge is -2.23. The molecule has 5 heteroatoms. The van der Waals surface area contributed by atoms with Crippen LogP contribution in [0.2, 0.25) is 5.15 Å². The molecule has 0 saturated carbocycles. The summed E-state index contributed by atoms with van der Waals surface area (Å²) in [4.78, 5) is 6.34. The van der Waals surface area contributed by atoms with Crippen molar-refractivity contribution in [2.24, 2.45) is 0 Å². The van der Waals surface area contributed by atoms with Gasteiger partial charge in [0, 0.05) is 27.3 Å². The molecule has 0 bridgehead atoms. The summed E-state index contributed by atoms with van der Waals surface area (Å²) < 4.78 is 10.1. The SMILES string of the molecule is COCCN(CCOC)c1cccc(Cl)n1. The average molecular weight is 245 g/mol. The molecule has 1 rings (SSSR count). The van der Waals surface area contributed by atoms with E-state index in [9.17, 15) is 0 Å². The molecular weight excluding hydrogens is 228 g/mol. The highest BCUT2D eigenvalue weighted by atomic mass is 35.5. The number of rotatable bonds is 7. The van der Waals surface area contributed by atoms with Crippen LogP contribution in [-0.4, -0.2) is 45.5 Å². The highest BCUT2D eigenvalue weighted by molar-refractivity contribution is 6.29. The first-order chi connectivity index (χ1) is 7.77. The van der Waals surface area contributed by atoms with Gasteiger partial charge in [-0.25, -0.2) is 4.98 Å². The third kappa shape index (κ3) is 4.35. The minimum Gasteiger partial charge on any atom is -0.383 e. The lowest BCUT2D eigenvalue weighted by atomic mass is 10.4. The van der Waals surface area contributed by atoms with Crippen molar-refractivity contribution in [3.8, 4) is 0 Å². The van der Waals surface area contributed by atoms with Crippen LogP contribution in [0.5, 0.6) is 0 Å². The molecule has 4 nitrogen and oxygen atoms in total. The van der Waals surface area contributed by atoms with E-state index in [-0.39, 0.29) is 0 Å². The van der Waals surface area contributed by atoms with E-state index in [1.54, 1.807) is 20.3 Å². The van der Waals surface area contributed by atoms with Crippen molar-refractivity contribution >= 4 is 17.4 Å². The number of methoxy groups -OCH3 is 2. The Bertz CT molecular complexity index is 302. The zero-order valence-corrected chi connectivity index (χ0v) is 10.4. The second kappa shape index (κ2) is 7.44. The Kier molecular flexibility index (Phi) is 6.15. The quantitative estimate of drug-likeness (QED) is 0.686. The van der Waals surface area contributed by atoms with E-state index in [1.165, 1.54) is 0 Å². The average Bonchev–Trinajstić information content (AvgIpc) is 2.29. The van der Waals surface area contributed by atoms with E-state index >= 15 is 0 Å². The van der Waals surface area contributed by atoms with Crippen molar-refractivity contribution in [2.45, 2.75) is 0 Å². The van der Waals surface area contributed by atoms with Crippen molar-refractivity contribution < 1.29 is 9.47 Å². The number of aromatic nitrogens is 1. The van der Waals surface area contributed by atoms with Gasteiger partial charge in [0.15, 0.2) is 0 Å². The summed E-state index contributed by atoms with van der Waals surface area (Å²) in [6.45, 7) is 2.84. The Hall–Kier alpha value is -0.840. The lowest BCUT2D eigenvalue weighted by Crippen LogP contribution is -2.31. The fourth-order valence-electron chi connectivity index (χ4n) is 1.32. The second-order valence-corrected chi connectivity index (χ2v) is 3.68. The first kappa shape index (κ1) is 13.2. The topological polar surface area (TPSA) is 34.6 Å². The summed E-state index contributed by atoms with van der Waals surface area (Å²) in [5.41, 5.74) is 0. The fourth-order valence-corrected chi connectivity index (χ4v) is 1.48. The molecule has 1 heterocycles. The molecule has 0 spiro atoms. The Balaban J connectivity index is 2.66. The first-order valence-corrected chi connectivity index (χ1v) is 5.51. The van der Waals surface area contributed by atoms with Gasteiger partial charge in [-0.2, -0.15) is 0 Å². The first-order valence-electron chi connectivity index (χ1n) is 5.13. The zero-order chi connectivity index (χ0) is 11.8. The minimum absolute atomic E-state index is 0.498. The van der Waals surface area contributed by atoms with Gasteiger partial charge in [0.1, 0.15) is 11.0 Å². The molecular formula is C11H17ClN2O2. The maximum Gasteiger partial charge on any atom is 0.131 e. The molecule has 0 amide bonds. The van der Waals surface area contributed by atoms with Gasteiger partial charge in [0.05, 0.1) is 13.2 Å². The molecule has 0 N–H and O–H groups in total. The maximum absolute atomic E-state index is 5.86. The number of hydrogen-bond donors (Lipinski definition) is 0. The van der Waals surface area contributed by atoms with Crippen molar-refractivity contribution in [3.63, 3.8) is 0 Å².